The summed E-state index contributed by atoms with van der Waals surface area (Å²) in [6.45, 7) is 4.96. The van der Waals surface area contributed by atoms with Gasteiger partial charge in [-0.05, 0) is 44.6 Å². The van der Waals surface area contributed by atoms with Crippen LogP contribution in [0.2, 0.25) is 0 Å². The van der Waals surface area contributed by atoms with Gasteiger partial charge in [0.2, 0.25) is 17.8 Å². The monoisotopic (exact) mass is 438 g/mol. The number of hydrogen-bond donors (Lipinski definition) is 0. The average Bonchev–Trinajstić information content (AvgIpc) is 3.15. The Labute approximate surface area is 190 Å². The van der Waals surface area contributed by atoms with Crippen molar-refractivity contribution in [3.8, 4) is 17.4 Å². The number of hydrogen-bond acceptors (Lipinski definition) is 8. The van der Waals surface area contributed by atoms with E-state index in [0.29, 0.717) is 24.9 Å². The normalized spacial score (nSPS) is 20.8. The Morgan fingerprint density at radius 2 is 1.38 bits per heavy atom. The number of aromatic nitrogens is 4. The maximum atomic E-state index is 6.21. The fraction of sp³-hybridized carbons (Fsp3) is 0.667. The molecule has 0 amide bonds. The molecule has 2 aromatic rings. The second-order valence-corrected chi connectivity index (χ2v) is 9.00. The van der Waals surface area contributed by atoms with Crippen LogP contribution < -0.4 is 14.5 Å². The minimum Gasteiger partial charge on any atom is -0.474 e. The molecule has 0 atom stereocenters. The fourth-order valence-corrected chi connectivity index (χ4v) is 4.74. The van der Waals surface area contributed by atoms with E-state index < -0.39 is 0 Å². The minimum atomic E-state index is 0.265. The Morgan fingerprint density at radius 1 is 0.719 bits per heavy atom. The molecule has 172 valence electrons. The predicted octanol–water partition coefficient (Wildman–Crippen LogP) is 3.86. The van der Waals surface area contributed by atoms with Gasteiger partial charge in [0.1, 0.15) is 11.8 Å². The molecule has 4 heterocycles. The highest BCUT2D eigenvalue weighted by Gasteiger charge is 2.22. The summed E-state index contributed by atoms with van der Waals surface area (Å²) < 4.78 is 11.7. The third-order valence-electron chi connectivity index (χ3n) is 6.59. The highest BCUT2D eigenvalue weighted by Crippen LogP contribution is 2.26. The maximum Gasteiger partial charge on any atom is 0.230 e. The largest absolute Gasteiger partial charge is 0.474 e. The van der Waals surface area contributed by atoms with Crippen LogP contribution >= 0.6 is 0 Å². The lowest BCUT2D eigenvalue weighted by Crippen LogP contribution is -2.38. The van der Waals surface area contributed by atoms with Crippen molar-refractivity contribution in [1.29, 1.82) is 0 Å². The molecule has 3 aliphatic rings. The van der Waals surface area contributed by atoms with Crippen LogP contribution in [0.15, 0.2) is 18.2 Å². The van der Waals surface area contributed by atoms with Crippen molar-refractivity contribution < 1.29 is 9.47 Å². The third-order valence-corrected chi connectivity index (χ3v) is 6.59. The number of rotatable bonds is 5. The van der Waals surface area contributed by atoms with Crippen molar-refractivity contribution in [1.82, 2.24) is 19.9 Å². The molecule has 8 heteroatoms. The van der Waals surface area contributed by atoms with Gasteiger partial charge in [0.15, 0.2) is 5.82 Å². The van der Waals surface area contributed by atoms with E-state index >= 15 is 0 Å². The Balaban J connectivity index is 1.45. The molecule has 0 bridgehead atoms. The summed E-state index contributed by atoms with van der Waals surface area (Å²) in [6, 6.07) is 5.90. The SMILES string of the molecule is c1cc(OC2CCCCC2)nc(-c2nc(N3CCCCCC3)nc(N3CCOCC3)n2)c1. The summed E-state index contributed by atoms with van der Waals surface area (Å²) in [5.41, 5.74) is 0.742. The summed E-state index contributed by atoms with van der Waals surface area (Å²) in [6.07, 6.45) is 11.2. The van der Waals surface area contributed by atoms with Gasteiger partial charge in [-0.2, -0.15) is 15.0 Å². The fourth-order valence-electron chi connectivity index (χ4n) is 4.74. The quantitative estimate of drug-likeness (QED) is 0.696. The number of nitrogens with zero attached hydrogens (tertiary/aromatic N) is 6. The van der Waals surface area contributed by atoms with Crippen molar-refractivity contribution >= 4 is 11.9 Å². The van der Waals surface area contributed by atoms with Crippen molar-refractivity contribution in [2.24, 2.45) is 0 Å². The standard InChI is InChI=1S/C24H34N6O2/c1-2-7-14-29(13-6-1)23-26-22(27-24(28-23)30-15-17-31-18-16-30)20-11-8-12-21(25-20)32-19-9-4-3-5-10-19/h8,11-12,19H,1-7,9-10,13-18H2. The molecule has 32 heavy (non-hydrogen) atoms. The number of anilines is 2. The van der Waals surface area contributed by atoms with Crippen LogP contribution in [-0.2, 0) is 4.74 Å². The highest BCUT2D eigenvalue weighted by molar-refractivity contribution is 5.55. The molecule has 1 aliphatic carbocycles. The van der Waals surface area contributed by atoms with E-state index in [4.69, 9.17) is 29.4 Å². The van der Waals surface area contributed by atoms with Gasteiger partial charge in [0, 0.05) is 32.2 Å². The molecule has 0 N–H and O–H groups in total. The van der Waals surface area contributed by atoms with Crippen LogP contribution in [0.3, 0.4) is 0 Å². The number of morpholine rings is 1. The van der Waals surface area contributed by atoms with Gasteiger partial charge < -0.3 is 19.3 Å². The van der Waals surface area contributed by atoms with E-state index in [2.05, 4.69) is 9.80 Å². The zero-order valence-corrected chi connectivity index (χ0v) is 18.9. The van der Waals surface area contributed by atoms with E-state index in [9.17, 15) is 0 Å². The van der Waals surface area contributed by atoms with Crippen molar-refractivity contribution in [2.75, 3.05) is 49.2 Å². The van der Waals surface area contributed by atoms with E-state index in [1.54, 1.807) is 0 Å². The molecule has 0 aromatic carbocycles. The topological polar surface area (TPSA) is 76.5 Å². The Morgan fingerprint density at radius 3 is 2.09 bits per heavy atom. The van der Waals surface area contributed by atoms with Crippen molar-refractivity contribution in [2.45, 2.75) is 63.9 Å². The van der Waals surface area contributed by atoms with E-state index in [1.165, 1.54) is 44.9 Å². The first kappa shape index (κ1) is 21.4. The molecular weight excluding hydrogens is 404 g/mol. The summed E-state index contributed by atoms with van der Waals surface area (Å²) in [5.74, 6) is 2.77. The maximum absolute atomic E-state index is 6.21. The lowest BCUT2D eigenvalue weighted by molar-refractivity contribution is 0.122. The molecule has 0 radical (unpaired) electrons. The first-order chi connectivity index (χ1) is 15.8. The van der Waals surface area contributed by atoms with Gasteiger partial charge in [-0.1, -0.05) is 25.3 Å². The van der Waals surface area contributed by atoms with Crippen LogP contribution in [0.1, 0.15) is 57.8 Å². The minimum absolute atomic E-state index is 0.265. The van der Waals surface area contributed by atoms with Crippen molar-refractivity contribution in [3.63, 3.8) is 0 Å². The van der Waals surface area contributed by atoms with Gasteiger partial charge in [-0.15, -0.1) is 0 Å². The molecule has 0 spiro atoms. The second kappa shape index (κ2) is 10.4. The van der Waals surface area contributed by atoms with E-state index in [0.717, 1.165) is 56.6 Å². The van der Waals surface area contributed by atoms with Crippen LogP contribution in [0.5, 0.6) is 5.88 Å². The van der Waals surface area contributed by atoms with Crippen LogP contribution in [0, 0.1) is 0 Å². The first-order valence-electron chi connectivity index (χ1n) is 12.3. The lowest BCUT2D eigenvalue weighted by Gasteiger charge is -2.28. The summed E-state index contributed by atoms with van der Waals surface area (Å²) in [5, 5.41) is 0. The smallest absolute Gasteiger partial charge is 0.230 e. The van der Waals surface area contributed by atoms with Gasteiger partial charge in [-0.25, -0.2) is 4.98 Å². The number of pyridine rings is 1. The van der Waals surface area contributed by atoms with Crippen molar-refractivity contribution in [3.05, 3.63) is 18.2 Å². The molecule has 2 aliphatic heterocycles. The van der Waals surface area contributed by atoms with Crippen LogP contribution in [-0.4, -0.2) is 65.4 Å². The van der Waals surface area contributed by atoms with E-state index in [1.807, 2.05) is 18.2 Å². The Bertz CT molecular complexity index is 875. The third kappa shape index (κ3) is 5.28. The highest BCUT2D eigenvalue weighted by atomic mass is 16.5. The Hall–Kier alpha value is -2.48. The van der Waals surface area contributed by atoms with Crippen LogP contribution in [0.4, 0.5) is 11.9 Å². The zero-order chi connectivity index (χ0) is 21.6. The van der Waals surface area contributed by atoms with Crippen LogP contribution in [0.25, 0.3) is 11.5 Å². The first-order valence-corrected chi connectivity index (χ1v) is 12.3. The molecule has 0 unspecified atom stereocenters. The molecule has 3 fully saturated rings. The molecule has 2 saturated heterocycles. The second-order valence-electron chi connectivity index (χ2n) is 9.00. The summed E-state index contributed by atoms with van der Waals surface area (Å²) >= 11 is 0. The van der Waals surface area contributed by atoms with Gasteiger partial charge in [-0.3, -0.25) is 0 Å². The average molecular weight is 439 g/mol. The summed E-state index contributed by atoms with van der Waals surface area (Å²) in [4.78, 5) is 23.9. The number of ether oxygens (including phenoxy) is 2. The zero-order valence-electron chi connectivity index (χ0n) is 18.9. The Kier molecular flexibility index (Phi) is 6.96. The molecule has 1 saturated carbocycles. The molecule has 2 aromatic heterocycles. The summed E-state index contributed by atoms with van der Waals surface area (Å²) in [7, 11) is 0. The van der Waals surface area contributed by atoms with Gasteiger partial charge >= 0.3 is 0 Å². The molecule has 5 rings (SSSR count). The molecular formula is C24H34N6O2. The van der Waals surface area contributed by atoms with Gasteiger partial charge in [0.05, 0.1) is 13.2 Å². The van der Waals surface area contributed by atoms with E-state index in [-0.39, 0.29) is 6.10 Å². The lowest BCUT2D eigenvalue weighted by atomic mass is 9.98. The molecule has 8 nitrogen and oxygen atoms in total. The van der Waals surface area contributed by atoms with Gasteiger partial charge in [0.25, 0.3) is 0 Å². The predicted molar refractivity (Wildman–Crippen MR) is 124 cm³/mol.